The van der Waals surface area contributed by atoms with Crippen LogP contribution >= 0.6 is 0 Å². The molecule has 0 rings (SSSR count). The topological polar surface area (TPSA) is 20.2 Å². The summed E-state index contributed by atoms with van der Waals surface area (Å²) in [6.07, 6.45) is 5.72. The first-order chi connectivity index (χ1) is 3.91. The summed E-state index contributed by atoms with van der Waals surface area (Å²) in [6.45, 7) is 2.17. The molecule has 0 unspecified atom stereocenters. The Bertz CT molecular complexity index is 61.5. The van der Waals surface area contributed by atoms with Gasteiger partial charge in [0.05, 0.1) is 0 Å². The van der Waals surface area contributed by atoms with E-state index in [9.17, 15) is 0 Å². The first kappa shape index (κ1) is 7.92. The molecule has 1 nitrogen and oxygen atoms in total. The Balaban J connectivity index is 2.80. The van der Waals surface area contributed by atoms with Crippen LogP contribution in [0.25, 0.3) is 0 Å². The summed E-state index contributed by atoms with van der Waals surface area (Å²) in [7, 11) is -0.795. The van der Waals surface area contributed by atoms with Crippen LogP contribution in [0.2, 0.25) is 0 Å². The summed E-state index contributed by atoms with van der Waals surface area (Å²) in [5.74, 6) is 0. The third-order valence-corrected chi connectivity index (χ3v) is 1.54. The van der Waals surface area contributed by atoms with E-state index in [1.807, 2.05) is 5.70 Å². The van der Waals surface area contributed by atoms with Gasteiger partial charge >= 0.3 is 0 Å². The normalized spacial score (nSPS) is 12.2. The Morgan fingerprint density at radius 3 is 2.88 bits per heavy atom. The maximum absolute atomic E-state index is 8.42. The summed E-state index contributed by atoms with van der Waals surface area (Å²) in [5.41, 5.74) is 1.93. The lowest BCUT2D eigenvalue weighted by Crippen LogP contribution is -1.77. The molecule has 0 aromatic heterocycles. The van der Waals surface area contributed by atoms with E-state index < -0.39 is 9.76 Å². The van der Waals surface area contributed by atoms with E-state index in [-0.39, 0.29) is 0 Å². The third-order valence-electron chi connectivity index (χ3n) is 0.996. The van der Waals surface area contributed by atoms with Crippen molar-refractivity contribution in [2.75, 3.05) is 0 Å². The first-order valence-electron chi connectivity index (χ1n) is 3.17. The van der Waals surface area contributed by atoms with Gasteiger partial charge in [-0.05, 0) is 6.42 Å². The highest BCUT2D eigenvalue weighted by Crippen LogP contribution is 1.93. The molecule has 0 atom stereocenters. The fourth-order valence-corrected chi connectivity index (χ4v) is 0.899. The van der Waals surface area contributed by atoms with Gasteiger partial charge in [0.1, 0.15) is 0 Å². The Labute approximate surface area is 53.4 Å². The van der Waals surface area contributed by atoms with E-state index in [1.165, 1.54) is 12.8 Å². The second kappa shape index (κ2) is 6.92. The minimum Gasteiger partial charge on any atom is -0.434 e. The smallest absolute Gasteiger partial charge is 0.180 e. The molecule has 0 aromatic carbocycles. The zero-order valence-electron chi connectivity index (χ0n) is 5.43. The quantitative estimate of drug-likeness (QED) is 0.440. The summed E-state index contributed by atoms with van der Waals surface area (Å²) in [4.78, 5) is 8.42. The number of hydrogen-bond acceptors (Lipinski definition) is 1. The molecule has 0 aromatic rings. The van der Waals surface area contributed by atoms with Gasteiger partial charge in [-0.1, -0.05) is 31.5 Å². The van der Waals surface area contributed by atoms with Crippen LogP contribution in [0, 0.1) is 0 Å². The molecule has 0 fully saturated rings. The molecule has 0 aliphatic heterocycles. The van der Waals surface area contributed by atoms with Crippen molar-refractivity contribution in [2.45, 2.75) is 26.2 Å². The minimum atomic E-state index is -0.795. The largest absolute Gasteiger partial charge is 0.434 e. The molecule has 1 N–H and O–H groups in total. The Kier molecular flexibility index (Phi) is 6.85. The van der Waals surface area contributed by atoms with Crippen LogP contribution in [-0.2, 0) is 0 Å². The average molecular weight is 130 g/mol. The van der Waals surface area contributed by atoms with Crippen LogP contribution in [0.1, 0.15) is 26.2 Å². The molecule has 0 radical (unpaired) electrons. The van der Waals surface area contributed by atoms with Gasteiger partial charge in [-0.2, -0.15) is 0 Å². The summed E-state index contributed by atoms with van der Waals surface area (Å²) < 4.78 is 0. The van der Waals surface area contributed by atoms with E-state index in [0.29, 0.717) is 0 Å². The second-order valence-electron chi connectivity index (χ2n) is 1.80. The highest BCUT2D eigenvalue weighted by molar-refractivity contribution is 6.32. The van der Waals surface area contributed by atoms with E-state index in [4.69, 9.17) is 4.80 Å². The van der Waals surface area contributed by atoms with Crippen molar-refractivity contribution in [3.63, 3.8) is 0 Å². The third kappa shape index (κ3) is 5.92. The first-order valence-corrected chi connectivity index (χ1v) is 4.62. The van der Waals surface area contributed by atoms with Gasteiger partial charge in [-0.15, -0.1) is 0 Å². The molecule has 0 aliphatic rings. The van der Waals surface area contributed by atoms with Crippen molar-refractivity contribution in [2.24, 2.45) is 0 Å². The molecule has 8 heavy (non-hydrogen) atoms. The second-order valence-corrected chi connectivity index (χ2v) is 2.63. The number of unbranched alkanes of at least 4 members (excludes halogenated alkanes) is 2. The van der Waals surface area contributed by atoms with E-state index in [0.717, 1.165) is 6.42 Å². The average Bonchev–Trinajstić information content (AvgIpc) is 1.81. The Morgan fingerprint density at radius 1 is 1.62 bits per heavy atom. The van der Waals surface area contributed by atoms with Crippen LogP contribution in [0.3, 0.4) is 0 Å². The van der Waals surface area contributed by atoms with Crippen molar-refractivity contribution in [3.8, 4) is 0 Å². The zero-order valence-corrected chi connectivity index (χ0v) is 6.84. The predicted molar refractivity (Wildman–Crippen MR) is 39.4 cm³/mol. The molecule has 48 valence electrons. The SMILES string of the molecule is CCCC/C=C/[SiH2]O. The van der Waals surface area contributed by atoms with Gasteiger partial charge in [0.2, 0.25) is 0 Å². The maximum Gasteiger partial charge on any atom is 0.180 e. The molecule has 0 amide bonds. The number of rotatable bonds is 4. The lowest BCUT2D eigenvalue weighted by molar-refractivity contribution is 0.614. The van der Waals surface area contributed by atoms with Crippen LogP contribution in [-0.4, -0.2) is 14.6 Å². The van der Waals surface area contributed by atoms with Crippen LogP contribution < -0.4 is 0 Å². The van der Waals surface area contributed by atoms with Gasteiger partial charge in [0.15, 0.2) is 9.76 Å². The molecule has 2 heteroatoms. The minimum absolute atomic E-state index is 0.795. The molecule has 0 aliphatic carbocycles. The van der Waals surface area contributed by atoms with Gasteiger partial charge in [-0.3, -0.25) is 0 Å². The van der Waals surface area contributed by atoms with E-state index in [1.54, 1.807) is 0 Å². The zero-order chi connectivity index (χ0) is 6.24. The molecular weight excluding hydrogens is 116 g/mol. The summed E-state index contributed by atoms with van der Waals surface area (Å²) in [5, 5.41) is 0. The summed E-state index contributed by atoms with van der Waals surface area (Å²) in [6, 6.07) is 0. The molecule has 0 saturated heterocycles. The molecular formula is C6H14OSi. The van der Waals surface area contributed by atoms with Crippen LogP contribution in [0.4, 0.5) is 0 Å². The van der Waals surface area contributed by atoms with Crippen molar-refractivity contribution < 1.29 is 4.80 Å². The van der Waals surface area contributed by atoms with E-state index in [2.05, 4.69) is 13.0 Å². The molecule has 0 heterocycles. The highest BCUT2D eigenvalue weighted by Gasteiger charge is 1.75. The monoisotopic (exact) mass is 130 g/mol. The van der Waals surface area contributed by atoms with Crippen molar-refractivity contribution >= 4 is 9.76 Å². The van der Waals surface area contributed by atoms with Gasteiger partial charge < -0.3 is 4.80 Å². The van der Waals surface area contributed by atoms with Gasteiger partial charge in [-0.25, -0.2) is 0 Å². The van der Waals surface area contributed by atoms with Gasteiger partial charge in [0.25, 0.3) is 0 Å². The number of allylic oxidation sites excluding steroid dienone is 1. The molecule has 0 saturated carbocycles. The molecule has 0 bridgehead atoms. The van der Waals surface area contributed by atoms with Crippen LogP contribution in [0.15, 0.2) is 11.8 Å². The number of hydrogen-bond donors (Lipinski definition) is 1. The Hall–Kier alpha value is -0.0831. The van der Waals surface area contributed by atoms with Crippen LogP contribution in [0.5, 0.6) is 0 Å². The standard InChI is InChI=1S/C6H14OSi/c1-2-3-4-5-6-8-7/h5-7H,2-4,8H2,1H3/b6-5+. The van der Waals surface area contributed by atoms with Crippen molar-refractivity contribution in [3.05, 3.63) is 11.8 Å². The van der Waals surface area contributed by atoms with Crippen molar-refractivity contribution in [1.29, 1.82) is 0 Å². The fourth-order valence-electron chi connectivity index (χ4n) is 0.514. The summed E-state index contributed by atoms with van der Waals surface area (Å²) >= 11 is 0. The fraction of sp³-hybridized carbons (Fsp3) is 0.667. The lowest BCUT2D eigenvalue weighted by Gasteiger charge is -1.85. The molecule has 0 spiro atoms. The van der Waals surface area contributed by atoms with E-state index >= 15 is 0 Å². The van der Waals surface area contributed by atoms with Crippen molar-refractivity contribution in [1.82, 2.24) is 0 Å². The predicted octanol–water partition coefficient (Wildman–Crippen LogP) is 0.766. The lowest BCUT2D eigenvalue weighted by atomic mass is 10.2. The van der Waals surface area contributed by atoms with Gasteiger partial charge in [0, 0.05) is 0 Å². The highest BCUT2D eigenvalue weighted by atomic mass is 28.2. The Morgan fingerprint density at radius 2 is 2.38 bits per heavy atom. The maximum atomic E-state index is 8.42.